The Morgan fingerprint density at radius 1 is 1.18 bits per heavy atom. The lowest BCUT2D eigenvalue weighted by Gasteiger charge is -2.39. The average molecular weight is 239 g/mol. The topological polar surface area (TPSA) is 44.4 Å². The first-order valence-corrected chi connectivity index (χ1v) is 6.98. The van der Waals surface area contributed by atoms with Gasteiger partial charge >= 0.3 is 0 Å². The molecule has 0 saturated carbocycles. The highest BCUT2D eigenvalue weighted by Gasteiger charge is 2.29. The van der Waals surface area contributed by atoms with Gasteiger partial charge in [0.15, 0.2) is 0 Å². The van der Waals surface area contributed by atoms with Gasteiger partial charge in [-0.3, -0.25) is 10.2 Å². The van der Waals surface area contributed by atoms with Crippen molar-refractivity contribution in [2.45, 2.75) is 58.0 Å². The molecule has 0 aromatic carbocycles. The Morgan fingerprint density at radius 3 is 2.47 bits per heavy atom. The summed E-state index contributed by atoms with van der Waals surface area (Å²) in [6.07, 6.45) is 5.79. The second-order valence-electron chi connectivity index (χ2n) is 5.56. The molecule has 0 spiro atoms. The number of hydrazine groups is 1. The summed E-state index contributed by atoms with van der Waals surface area (Å²) >= 11 is 0. The van der Waals surface area contributed by atoms with E-state index in [2.05, 4.69) is 29.6 Å². The largest absolute Gasteiger partial charge is 0.316 e. The molecular formula is C13H25N3O. The maximum Gasteiger partial charge on any atom is 0.238 e. The summed E-state index contributed by atoms with van der Waals surface area (Å²) < 4.78 is 0. The molecule has 2 N–H and O–H groups in total. The predicted octanol–water partition coefficient (Wildman–Crippen LogP) is 1.28. The van der Waals surface area contributed by atoms with E-state index >= 15 is 0 Å². The molecule has 0 aromatic rings. The quantitative estimate of drug-likeness (QED) is 0.763. The Labute approximate surface area is 104 Å². The standard InChI is InChI=1S/C13H25N3O/c1-10-5-3-6-11(2)16(10)15-13(17)12-7-4-8-14-9-12/h10-12,14H,3-9H2,1-2H3,(H,15,17)/t10?,11?,12-/m0/s1. The third-order valence-corrected chi connectivity index (χ3v) is 4.10. The Kier molecular flexibility index (Phi) is 4.40. The van der Waals surface area contributed by atoms with Crippen molar-refractivity contribution in [3.63, 3.8) is 0 Å². The van der Waals surface area contributed by atoms with Gasteiger partial charge in [-0.2, -0.15) is 0 Å². The lowest BCUT2D eigenvalue weighted by molar-refractivity contribution is -0.133. The SMILES string of the molecule is CC1CCCC(C)N1NC(=O)[C@H]1CCCNC1. The number of nitrogens with zero attached hydrogens (tertiary/aromatic N) is 1. The van der Waals surface area contributed by atoms with Crippen molar-refractivity contribution < 1.29 is 4.79 Å². The highest BCUT2D eigenvalue weighted by Crippen LogP contribution is 2.21. The van der Waals surface area contributed by atoms with Crippen LogP contribution in [0.1, 0.15) is 46.0 Å². The molecule has 2 rings (SSSR count). The number of carbonyl (C=O) groups is 1. The van der Waals surface area contributed by atoms with Gasteiger partial charge in [0.2, 0.25) is 5.91 Å². The summed E-state index contributed by atoms with van der Waals surface area (Å²) in [5.41, 5.74) is 3.14. The summed E-state index contributed by atoms with van der Waals surface area (Å²) in [5, 5.41) is 5.46. The van der Waals surface area contributed by atoms with Crippen molar-refractivity contribution in [2.75, 3.05) is 13.1 Å². The van der Waals surface area contributed by atoms with Gasteiger partial charge in [-0.15, -0.1) is 0 Å². The van der Waals surface area contributed by atoms with Crippen LogP contribution in [0.4, 0.5) is 0 Å². The number of rotatable bonds is 2. The van der Waals surface area contributed by atoms with Crippen LogP contribution in [-0.4, -0.2) is 36.1 Å². The monoisotopic (exact) mass is 239 g/mol. The normalized spacial score (nSPS) is 35.5. The van der Waals surface area contributed by atoms with E-state index in [1.165, 1.54) is 19.3 Å². The fourth-order valence-corrected chi connectivity index (χ4v) is 2.94. The number of hydrogen-bond donors (Lipinski definition) is 2. The van der Waals surface area contributed by atoms with Crippen LogP contribution in [0.25, 0.3) is 0 Å². The van der Waals surface area contributed by atoms with E-state index in [-0.39, 0.29) is 11.8 Å². The fourth-order valence-electron chi connectivity index (χ4n) is 2.94. The number of nitrogens with one attached hydrogen (secondary N) is 2. The molecule has 2 unspecified atom stereocenters. The van der Waals surface area contributed by atoms with E-state index in [9.17, 15) is 4.79 Å². The minimum atomic E-state index is 0.157. The van der Waals surface area contributed by atoms with Crippen LogP contribution in [-0.2, 0) is 4.79 Å². The van der Waals surface area contributed by atoms with Gasteiger partial charge in [-0.1, -0.05) is 6.42 Å². The third-order valence-electron chi connectivity index (χ3n) is 4.10. The molecule has 2 heterocycles. The van der Waals surface area contributed by atoms with Gasteiger partial charge in [-0.05, 0) is 46.1 Å². The molecule has 4 nitrogen and oxygen atoms in total. The fraction of sp³-hybridized carbons (Fsp3) is 0.923. The molecule has 2 saturated heterocycles. The predicted molar refractivity (Wildman–Crippen MR) is 68.4 cm³/mol. The van der Waals surface area contributed by atoms with Crippen molar-refractivity contribution >= 4 is 5.91 Å². The van der Waals surface area contributed by atoms with Gasteiger partial charge < -0.3 is 5.32 Å². The van der Waals surface area contributed by atoms with Crippen LogP contribution >= 0.6 is 0 Å². The molecule has 0 aliphatic carbocycles. The number of hydrogen-bond acceptors (Lipinski definition) is 3. The second kappa shape index (κ2) is 5.83. The first-order chi connectivity index (χ1) is 8.18. The number of amides is 1. The molecule has 0 radical (unpaired) electrons. The molecule has 0 bridgehead atoms. The van der Waals surface area contributed by atoms with Crippen LogP contribution in [0.15, 0.2) is 0 Å². The van der Waals surface area contributed by atoms with Crippen molar-refractivity contribution in [3.8, 4) is 0 Å². The average Bonchev–Trinajstić information content (AvgIpc) is 2.35. The Hall–Kier alpha value is -0.610. The molecule has 98 valence electrons. The lowest BCUT2D eigenvalue weighted by Crippen LogP contribution is -2.56. The van der Waals surface area contributed by atoms with Gasteiger partial charge in [0.25, 0.3) is 0 Å². The van der Waals surface area contributed by atoms with E-state index in [4.69, 9.17) is 0 Å². The highest BCUT2D eigenvalue weighted by molar-refractivity contribution is 5.78. The molecule has 17 heavy (non-hydrogen) atoms. The van der Waals surface area contributed by atoms with Crippen molar-refractivity contribution in [2.24, 2.45) is 5.92 Å². The maximum atomic E-state index is 12.2. The van der Waals surface area contributed by atoms with E-state index in [0.29, 0.717) is 12.1 Å². The molecule has 2 aliphatic heterocycles. The van der Waals surface area contributed by atoms with Crippen LogP contribution in [0.2, 0.25) is 0 Å². The zero-order chi connectivity index (χ0) is 12.3. The van der Waals surface area contributed by atoms with Crippen LogP contribution in [0.3, 0.4) is 0 Å². The summed E-state index contributed by atoms with van der Waals surface area (Å²) in [6, 6.07) is 0.943. The minimum absolute atomic E-state index is 0.157. The van der Waals surface area contributed by atoms with Gasteiger partial charge in [0.05, 0.1) is 5.92 Å². The highest BCUT2D eigenvalue weighted by atomic mass is 16.2. The van der Waals surface area contributed by atoms with Gasteiger partial charge in [0, 0.05) is 18.6 Å². The number of carbonyl (C=O) groups excluding carboxylic acids is 1. The summed E-state index contributed by atoms with van der Waals surface area (Å²) in [5.74, 6) is 0.364. The Balaban J connectivity index is 1.87. The molecule has 4 heteroatoms. The summed E-state index contributed by atoms with van der Waals surface area (Å²) in [7, 11) is 0. The van der Waals surface area contributed by atoms with E-state index < -0.39 is 0 Å². The zero-order valence-corrected chi connectivity index (χ0v) is 11.0. The van der Waals surface area contributed by atoms with Crippen molar-refractivity contribution in [1.82, 2.24) is 15.8 Å². The van der Waals surface area contributed by atoms with E-state index in [1.807, 2.05) is 0 Å². The van der Waals surface area contributed by atoms with Crippen molar-refractivity contribution in [3.05, 3.63) is 0 Å². The Bertz CT molecular complexity index is 253. The molecule has 3 atom stereocenters. The summed E-state index contributed by atoms with van der Waals surface area (Å²) in [6.45, 7) is 6.30. The third kappa shape index (κ3) is 3.19. The summed E-state index contributed by atoms with van der Waals surface area (Å²) in [4.78, 5) is 12.2. The maximum absolute atomic E-state index is 12.2. The van der Waals surface area contributed by atoms with Gasteiger partial charge in [-0.25, -0.2) is 5.01 Å². The smallest absolute Gasteiger partial charge is 0.238 e. The van der Waals surface area contributed by atoms with Crippen LogP contribution in [0, 0.1) is 5.92 Å². The molecule has 1 amide bonds. The number of piperidine rings is 2. The second-order valence-corrected chi connectivity index (χ2v) is 5.56. The first kappa shape index (κ1) is 12.8. The van der Waals surface area contributed by atoms with Crippen LogP contribution in [0.5, 0.6) is 0 Å². The molecule has 0 aromatic heterocycles. The molecule has 2 aliphatic rings. The zero-order valence-electron chi connectivity index (χ0n) is 11.0. The lowest BCUT2D eigenvalue weighted by atomic mass is 9.98. The van der Waals surface area contributed by atoms with Crippen molar-refractivity contribution in [1.29, 1.82) is 0 Å². The first-order valence-electron chi connectivity index (χ1n) is 6.98. The minimum Gasteiger partial charge on any atom is -0.316 e. The van der Waals surface area contributed by atoms with Gasteiger partial charge in [0.1, 0.15) is 0 Å². The molecule has 2 fully saturated rings. The van der Waals surface area contributed by atoms with E-state index in [0.717, 1.165) is 25.9 Å². The van der Waals surface area contributed by atoms with E-state index in [1.54, 1.807) is 0 Å². The van der Waals surface area contributed by atoms with Crippen LogP contribution < -0.4 is 10.7 Å². The Morgan fingerprint density at radius 2 is 1.88 bits per heavy atom. The molecular weight excluding hydrogens is 214 g/mol.